The van der Waals surface area contributed by atoms with Crippen LogP contribution < -0.4 is 0 Å². The third kappa shape index (κ3) is 3.00. The van der Waals surface area contributed by atoms with E-state index in [1.54, 1.807) is 54.6 Å². The molecule has 1 aliphatic rings. The number of carbonyl (C=O) groups is 3. The first kappa shape index (κ1) is 17.1. The third-order valence-electron chi connectivity index (χ3n) is 4.15. The van der Waals surface area contributed by atoms with Crippen molar-refractivity contribution in [3.8, 4) is 11.3 Å². The molecule has 4 rings (SSSR count). The second-order valence-electron chi connectivity index (χ2n) is 5.79. The number of fused-ring (bicyclic) bond motifs is 1. The van der Waals surface area contributed by atoms with Gasteiger partial charge in [-0.1, -0.05) is 35.9 Å². The highest BCUT2D eigenvalue weighted by molar-refractivity contribution is 6.33. The second-order valence-corrected chi connectivity index (χ2v) is 6.20. The second kappa shape index (κ2) is 6.74. The summed E-state index contributed by atoms with van der Waals surface area (Å²) in [5.41, 5.74) is 1.22. The number of hydrogen-bond acceptors (Lipinski definition) is 5. The Morgan fingerprint density at radius 1 is 0.889 bits per heavy atom. The smallest absolute Gasteiger partial charge is 0.375 e. The zero-order valence-electron chi connectivity index (χ0n) is 13.8. The number of amides is 2. The number of benzene rings is 2. The molecular formula is C20H12ClNO5. The molecule has 7 heteroatoms. The molecule has 27 heavy (non-hydrogen) atoms. The normalized spacial score (nSPS) is 13.0. The lowest BCUT2D eigenvalue weighted by Gasteiger charge is -2.13. The minimum Gasteiger partial charge on any atom is -0.449 e. The maximum atomic E-state index is 12.3. The van der Waals surface area contributed by atoms with Crippen LogP contribution in [-0.2, 0) is 4.74 Å². The quantitative estimate of drug-likeness (QED) is 0.504. The van der Waals surface area contributed by atoms with Crippen molar-refractivity contribution >= 4 is 29.4 Å². The average molecular weight is 382 g/mol. The molecular weight excluding hydrogens is 370 g/mol. The molecule has 2 aromatic carbocycles. The van der Waals surface area contributed by atoms with Crippen LogP contribution in [0.3, 0.4) is 0 Å². The number of ether oxygens (including phenoxy) is 1. The largest absolute Gasteiger partial charge is 0.449 e. The summed E-state index contributed by atoms with van der Waals surface area (Å²) >= 11 is 6.11. The standard InChI is InChI=1S/C20H12ClNO5/c21-15-8-4-3-7-14(15)16-9-10-17(27-16)20(25)26-11-22-18(23)12-5-1-2-6-13(12)19(22)24/h1-10H,11H2. The van der Waals surface area contributed by atoms with E-state index in [9.17, 15) is 14.4 Å². The topological polar surface area (TPSA) is 76.8 Å². The number of esters is 1. The molecule has 0 radical (unpaired) electrons. The maximum absolute atomic E-state index is 12.3. The molecule has 1 aliphatic heterocycles. The Balaban J connectivity index is 1.46. The molecule has 1 aromatic heterocycles. The highest BCUT2D eigenvalue weighted by Gasteiger charge is 2.36. The number of rotatable bonds is 4. The molecule has 0 fully saturated rings. The van der Waals surface area contributed by atoms with Gasteiger partial charge in [0, 0.05) is 5.56 Å². The van der Waals surface area contributed by atoms with Gasteiger partial charge in [-0.25, -0.2) is 9.69 Å². The number of carbonyl (C=O) groups excluding carboxylic acids is 3. The molecule has 3 aromatic rings. The number of nitrogens with zero attached hydrogens (tertiary/aromatic N) is 1. The Morgan fingerprint density at radius 2 is 1.48 bits per heavy atom. The minimum atomic E-state index is -0.787. The van der Waals surface area contributed by atoms with Gasteiger partial charge < -0.3 is 9.15 Å². The fourth-order valence-electron chi connectivity index (χ4n) is 2.80. The van der Waals surface area contributed by atoms with E-state index in [4.69, 9.17) is 20.8 Å². The van der Waals surface area contributed by atoms with Gasteiger partial charge in [-0.3, -0.25) is 9.59 Å². The van der Waals surface area contributed by atoms with Gasteiger partial charge >= 0.3 is 5.97 Å². The van der Waals surface area contributed by atoms with Crippen molar-refractivity contribution in [1.82, 2.24) is 4.90 Å². The van der Waals surface area contributed by atoms with Crippen molar-refractivity contribution < 1.29 is 23.5 Å². The van der Waals surface area contributed by atoms with Gasteiger partial charge in [0.25, 0.3) is 11.8 Å². The van der Waals surface area contributed by atoms with Crippen LogP contribution in [0, 0.1) is 0 Å². The fraction of sp³-hybridized carbons (Fsp3) is 0.0500. The summed E-state index contributed by atoms with van der Waals surface area (Å²) < 4.78 is 10.6. The van der Waals surface area contributed by atoms with E-state index < -0.39 is 24.5 Å². The maximum Gasteiger partial charge on any atom is 0.375 e. The van der Waals surface area contributed by atoms with Crippen molar-refractivity contribution in [3.63, 3.8) is 0 Å². The van der Waals surface area contributed by atoms with E-state index in [1.807, 2.05) is 0 Å². The van der Waals surface area contributed by atoms with Gasteiger partial charge in [0.15, 0.2) is 6.73 Å². The molecule has 0 saturated carbocycles. The molecule has 0 saturated heterocycles. The van der Waals surface area contributed by atoms with E-state index >= 15 is 0 Å². The predicted molar refractivity (Wildman–Crippen MR) is 96.4 cm³/mol. The number of furan rings is 1. The highest BCUT2D eigenvalue weighted by Crippen LogP contribution is 2.29. The molecule has 134 valence electrons. The Morgan fingerprint density at radius 3 is 2.11 bits per heavy atom. The van der Waals surface area contributed by atoms with Gasteiger partial charge in [0.05, 0.1) is 16.1 Å². The average Bonchev–Trinajstić information content (AvgIpc) is 3.26. The predicted octanol–water partition coefficient (Wildman–Crippen LogP) is 4.01. The Bertz CT molecular complexity index is 1040. The zero-order valence-corrected chi connectivity index (χ0v) is 14.6. The van der Waals surface area contributed by atoms with E-state index in [1.165, 1.54) is 6.07 Å². The number of imide groups is 1. The first-order valence-corrected chi connectivity index (χ1v) is 8.41. The van der Waals surface area contributed by atoms with Crippen LogP contribution in [0.5, 0.6) is 0 Å². The molecule has 0 spiro atoms. The van der Waals surface area contributed by atoms with Gasteiger partial charge in [0.1, 0.15) is 5.76 Å². The van der Waals surface area contributed by atoms with E-state index in [-0.39, 0.29) is 16.9 Å². The van der Waals surface area contributed by atoms with Crippen LogP contribution >= 0.6 is 11.6 Å². The summed E-state index contributed by atoms with van der Waals surface area (Å²) in [6.45, 7) is -0.493. The molecule has 0 bridgehead atoms. The lowest BCUT2D eigenvalue weighted by Crippen LogP contribution is -2.33. The summed E-state index contributed by atoms with van der Waals surface area (Å²) in [5, 5.41) is 0.484. The highest BCUT2D eigenvalue weighted by atomic mass is 35.5. The SMILES string of the molecule is O=C(OCN1C(=O)c2ccccc2C1=O)c1ccc(-c2ccccc2Cl)o1. The van der Waals surface area contributed by atoms with E-state index in [2.05, 4.69) is 0 Å². The molecule has 0 N–H and O–H groups in total. The first-order chi connectivity index (χ1) is 13.1. The molecule has 2 amide bonds. The minimum absolute atomic E-state index is 0.0541. The Labute approximate surface area is 158 Å². The van der Waals surface area contributed by atoms with Crippen LogP contribution in [0.2, 0.25) is 5.02 Å². The Hall–Kier alpha value is -3.38. The van der Waals surface area contributed by atoms with Crippen LogP contribution in [0.1, 0.15) is 31.3 Å². The molecule has 2 heterocycles. The zero-order chi connectivity index (χ0) is 19.0. The van der Waals surface area contributed by atoms with Gasteiger partial charge in [-0.05, 0) is 36.4 Å². The monoisotopic (exact) mass is 381 g/mol. The molecule has 0 unspecified atom stereocenters. The lowest BCUT2D eigenvalue weighted by molar-refractivity contribution is 0.0205. The summed E-state index contributed by atoms with van der Waals surface area (Å²) in [6, 6.07) is 16.5. The third-order valence-corrected chi connectivity index (χ3v) is 4.48. The van der Waals surface area contributed by atoms with Crippen molar-refractivity contribution in [2.24, 2.45) is 0 Å². The summed E-state index contributed by atoms with van der Waals surface area (Å²) in [4.78, 5) is 37.6. The lowest BCUT2D eigenvalue weighted by atomic mass is 10.1. The van der Waals surface area contributed by atoms with Crippen LogP contribution in [0.15, 0.2) is 65.1 Å². The van der Waals surface area contributed by atoms with Gasteiger partial charge in [-0.2, -0.15) is 0 Å². The van der Waals surface area contributed by atoms with Crippen molar-refractivity contribution in [2.45, 2.75) is 0 Å². The fourth-order valence-corrected chi connectivity index (χ4v) is 3.03. The molecule has 0 atom stereocenters. The summed E-state index contributed by atoms with van der Waals surface area (Å²) in [6.07, 6.45) is 0. The van der Waals surface area contributed by atoms with Crippen molar-refractivity contribution in [2.75, 3.05) is 6.73 Å². The van der Waals surface area contributed by atoms with Crippen molar-refractivity contribution in [3.05, 3.63) is 82.6 Å². The van der Waals surface area contributed by atoms with E-state index in [0.29, 0.717) is 16.3 Å². The van der Waals surface area contributed by atoms with Crippen LogP contribution in [0.25, 0.3) is 11.3 Å². The summed E-state index contributed by atoms with van der Waals surface area (Å²) in [5.74, 6) is -1.43. The number of halogens is 1. The Kier molecular flexibility index (Phi) is 4.25. The van der Waals surface area contributed by atoms with Crippen molar-refractivity contribution in [1.29, 1.82) is 0 Å². The van der Waals surface area contributed by atoms with Gasteiger partial charge in [0.2, 0.25) is 5.76 Å². The van der Waals surface area contributed by atoms with Crippen LogP contribution in [-0.4, -0.2) is 29.4 Å². The number of hydrogen-bond donors (Lipinski definition) is 0. The molecule has 6 nitrogen and oxygen atoms in total. The summed E-state index contributed by atoms with van der Waals surface area (Å²) in [7, 11) is 0. The van der Waals surface area contributed by atoms with Gasteiger partial charge in [-0.15, -0.1) is 0 Å². The first-order valence-electron chi connectivity index (χ1n) is 8.03. The van der Waals surface area contributed by atoms with E-state index in [0.717, 1.165) is 4.90 Å². The van der Waals surface area contributed by atoms with Crippen LogP contribution in [0.4, 0.5) is 0 Å². The molecule has 0 aliphatic carbocycles.